The Morgan fingerprint density at radius 2 is 1.78 bits per heavy atom. The molecule has 210 valence electrons. The van der Waals surface area contributed by atoms with Crippen LogP contribution in [-0.4, -0.2) is 42.1 Å². The van der Waals surface area contributed by atoms with Crippen LogP contribution < -0.4 is 21.1 Å². The third-order valence-corrected chi connectivity index (χ3v) is 7.96. The summed E-state index contributed by atoms with van der Waals surface area (Å²) in [6.45, 7) is 0.777. The first-order chi connectivity index (χ1) is 20.0. The van der Waals surface area contributed by atoms with Crippen molar-refractivity contribution in [2.24, 2.45) is 0 Å². The Bertz CT molecular complexity index is 1660. The zero-order valence-corrected chi connectivity index (χ0v) is 22.9. The van der Waals surface area contributed by atoms with Crippen LogP contribution >= 0.6 is 0 Å². The van der Waals surface area contributed by atoms with E-state index in [1.807, 2.05) is 12.1 Å². The Kier molecular flexibility index (Phi) is 7.52. The Morgan fingerprint density at radius 3 is 2.56 bits per heavy atom. The average Bonchev–Trinajstić information content (AvgIpc) is 3.32. The zero-order valence-electron chi connectivity index (χ0n) is 22.9. The van der Waals surface area contributed by atoms with Crippen LogP contribution in [0.3, 0.4) is 0 Å². The summed E-state index contributed by atoms with van der Waals surface area (Å²) in [5, 5.41) is 6.47. The summed E-state index contributed by atoms with van der Waals surface area (Å²) >= 11 is 0. The largest absolute Gasteiger partial charge is 0.491 e. The fourth-order valence-corrected chi connectivity index (χ4v) is 5.88. The van der Waals surface area contributed by atoms with Crippen LogP contribution in [0.15, 0.2) is 65.5 Å². The van der Waals surface area contributed by atoms with Crippen molar-refractivity contribution in [1.29, 1.82) is 0 Å². The summed E-state index contributed by atoms with van der Waals surface area (Å²) in [4.78, 5) is 45.8. The van der Waals surface area contributed by atoms with Crippen LogP contribution in [0.2, 0.25) is 0 Å². The van der Waals surface area contributed by atoms with Gasteiger partial charge < -0.3 is 25.1 Å². The molecule has 3 N–H and O–H groups in total. The second-order valence-electron chi connectivity index (χ2n) is 10.6. The first-order valence-electron chi connectivity index (χ1n) is 14.0. The molecular weight excluding hydrogens is 520 g/mol. The number of methoxy groups -OCH3 is 1. The molecule has 1 atom stereocenters. The molecule has 1 unspecified atom stereocenters. The van der Waals surface area contributed by atoms with Crippen LogP contribution in [0.1, 0.15) is 71.1 Å². The van der Waals surface area contributed by atoms with Crippen molar-refractivity contribution in [3.8, 4) is 5.75 Å². The highest BCUT2D eigenvalue weighted by molar-refractivity contribution is 6.09. The number of H-pyrrole nitrogens is 1. The molecular formula is C32H32N4O5. The number of amides is 2. The van der Waals surface area contributed by atoms with Crippen LogP contribution in [0.25, 0.3) is 10.9 Å². The van der Waals surface area contributed by atoms with E-state index in [2.05, 4.69) is 32.7 Å². The highest BCUT2D eigenvalue weighted by Gasteiger charge is 2.35. The number of aromatic nitrogens is 2. The molecule has 41 heavy (non-hydrogen) atoms. The van der Waals surface area contributed by atoms with E-state index >= 15 is 0 Å². The highest BCUT2D eigenvalue weighted by atomic mass is 16.5. The van der Waals surface area contributed by atoms with E-state index in [-0.39, 0.29) is 11.8 Å². The molecule has 0 saturated heterocycles. The number of nitrogens with zero attached hydrogens (tertiary/aromatic N) is 1. The van der Waals surface area contributed by atoms with Crippen LogP contribution in [-0.2, 0) is 9.53 Å². The number of benzene rings is 3. The summed E-state index contributed by atoms with van der Waals surface area (Å²) in [5.41, 5.74) is 3.90. The Balaban J connectivity index is 1.26. The van der Waals surface area contributed by atoms with E-state index < -0.39 is 11.6 Å². The van der Waals surface area contributed by atoms with Gasteiger partial charge in [-0.05, 0) is 72.4 Å². The SMILES string of the molecule is COCCOc1ccc2c(C3C(=O)Nc4ccc(C(=O)Nc5ccc(C6CCCCC6)cc5)cc43)[nH]c(=O)nc2c1. The molecule has 1 aliphatic heterocycles. The minimum atomic E-state index is -0.814. The molecule has 1 aliphatic carbocycles. The van der Waals surface area contributed by atoms with Crippen molar-refractivity contribution in [1.82, 2.24) is 9.97 Å². The summed E-state index contributed by atoms with van der Waals surface area (Å²) in [6, 6.07) is 18.4. The highest BCUT2D eigenvalue weighted by Crippen LogP contribution is 2.39. The maximum Gasteiger partial charge on any atom is 0.345 e. The predicted molar refractivity (Wildman–Crippen MR) is 157 cm³/mol. The van der Waals surface area contributed by atoms with E-state index in [0.29, 0.717) is 64.0 Å². The van der Waals surface area contributed by atoms with Gasteiger partial charge in [0.05, 0.1) is 12.1 Å². The summed E-state index contributed by atoms with van der Waals surface area (Å²) in [7, 11) is 1.59. The van der Waals surface area contributed by atoms with Gasteiger partial charge in [-0.25, -0.2) is 4.79 Å². The van der Waals surface area contributed by atoms with Crippen molar-refractivity contribution in [2.75, 3.05) is 31.0 Å². The van der Waals surface area contributed by atoms with Crippen molar-refractivity contribution in [2.45, 2.75) is 43.9 Å². The van der Waals surface area contributed by atoms with Crippen molar-refractivity contribution >= 4 is 34.1 Å². The molecule has 0 bridgehead atoms. The molecule has 1 saturated carbocycles. The first kappa shape index (κ1) is 26.7. The number of hydrogen-bond donors (Lipinski definition) is 3. The Labute approximate surface area is 237 Å². The quantitative estimate of drug-likeness (QED) is 0.254. The number of aromatic amines is 1. The molecule has 0 spiro atoms. The molecule has 1 aromatic heterocycles. The minimum Gasteiger partial charge on any atom is -0.491 e. The molecule has 2 amide bonds. The van der Waals surface area contributed by atoms with Gasteiger partial charge in [-0.3, -0.25) is 9.59 Å². The maximum absolute atomic E-state index is 13.2. The van der Waals surface area contributed by atoms with Gasteiger partial charge in [0.15, 0.2) is 0 Å². The normalized spacial score (nSPS) is 16.8. The molecule has 9 nitrogen and oxygen atoms in total. The topological polar surface area (TPSA) is 122 Å². The summed E-state index contributed by atoms with van der Waals surface area (Å²) < 4.78 is 10.7. The molecule has 4 aromatic rings. The van der Waals surface area contributed by atoms with E-state index in [4.69, 9.17) is 9.47 Å². The lowest BCUT2D eigenvalue weighted by Crippen LogP contribution is -2.21. The predicted octanol–water partition coefficient (Wildman–Crippen LogP) is 5.33. The fraction of sp³-hybridized carbons (Fsp3) is 0.312. The number of rotatable bonds is 8. The smallest absolute Gasteiger partial charge is 0.345 e. The van der Waals surface area contributed by atoms with Gasteiger partial charge in [-0.2, -0.15) is 4.98 Å². The van der Waals surface area contributed by atoms with E-state index in [1.165, 1.54) is 37.7 Å². The van der Waals surface area contributed by atoms with Crippen molar-refractivity contribution in [3.05, 3.63) is 93.5 Å². The number of anilines is 2. The molecule has 9 heteroatoms. The summed E-state index contributed by atoms with van der Waals surface area (Å²) in [6.07, 6.45) is 6.29. The van der Waals surface area contributed by atoms with Gasteiger partial charge in [-0.15, -0.1) is 0 Å². The second kappa shape index (κ2) is 11.5. The van der Waals surface area contributed by atoms with Gasteiger partial charge in [0, 0.05) is 41.2 Å². The van der Waals surface area contributed by atoms with Crippen molar-refractivity contribution < 1.29 is 19.1 Å². The van der Waals surface area contributed by atoms with E-state index in [1.54, 1.807) is 43.5 Å². The molecule has 2 aliphatic rings. The van der Waals surface area contributed by atoms with E-state index in [9.17, 15) is 14.4 Å². The number of fused-ring (bicyclic) bond motifs is 2. The first-order valence-corrected chi connectivity index (χ1v) is 14.0. The van der Waals surface area contributed by atoms with Crippen LogP contribution in [0, 0.1) is 0 Å². The number of hydrogen-bond acceptors (Lipinski definition) is 6. The van der Waals surface area contributed by atoms with Crippen LogP contribution in [0.5, 0.6) is 5.75 Å². The molecule has 1 fully saturated rings. The standard InChI is InChI=1S/C32H32N4O5/c1-40-15-16-41-23-12-13-24-27(18-23)35-32(39)36-29(24)28-25-17-21(9-14-26(25)34-31(28)38)30(37)33-22-10-7-20(8-11-22)19-5-3-2-4-6-19/h7-14,17-19,28H,2-6,15-16H2,1H3,(H,33,37)(H,34,38)(H,35,36,39). The third kappa shape index (κ3) is 5.58. The number of nitrogens with one attached hydrogen (secondary N) is 3. The molecule has 0 radical (unpaired) electrons. The lowest BCUT2D eigenvalue weighted by Gasteiger charge is -2.22. The second-order valence-corrected chi connectivity index (χ2v) is 10.6. The fourth-order valence-electron chi connectivity index (χ4n) is 5.88. The van der Waals surface area contributed by atoms with Gasteiger partial charge in [-0.1, -0.05) is 31.4 Å². The number of carbonyl (C=O) groups excluding carboxylic acids is 2. The number of ether oxygens (including phenoxy) is 2. The molecule has 2 heterocycles. The Hall–Kier alpha value is -4.50. The minimum absolute atomic E-state index is 0.276. The van der Waals surface area contributed by atoms with Crippen molar-refractivity contribution in [3.63, 3.8) is 0 Å². The van der Waals surface area contributed by atoms with E-state index in [0.717, 1.165) is 0 Å². The summed E-state index contributed by atoms with van der Waals surface area (Å²) in [5.74, 6) is -0.245. The van der Waals surface area contributed by atoms with Gasteiger partial charge in [0.1, 0.15) is 18.3 Å². The molecule has 3 aromatic carbocycles. The third-order valence-electron chi connectivity index (χ3n) is 7.96. The Morgan fingerprint density at radius 1 is 0.976 bits per heavy atom. The number of carbonyl (C=O) groups is 2. The lowest BCUT2D eigenvalue weighted by molar-refractivity contribution is -0.116. The average molecular weight is 553 g/mol. The van der Waals surface area contributed by atoms with Crippen LogP contribution in [0.4, 0.5) is 11.4 Å². The van der Waals surface area contributed by atoms with Gasteiger partial charge >= 0.3 is 5.69 Å². The monoisotopic (exact) mass is 552 g/mol. The van der Waals surface area contributed by atoms with Gasteiger partial charge in [0.2, 0.25) is 5.91 Å². The lowest BCUT2D eigenvalue weighted by atomic mass is 9.84. The van der Waals surface area contributed by atoms with Gasteiger partial charge in [0.25, 0.3) is 5.91 Å². The zero-order chi connectivity index (χ0) is 28.3. The maximum atomic E-state index is 13.2. The molecule has 6 rings (SSSR count).